The molecular formula is C9H15NO3S. The first-order valence-corrected chi connectivity index (χ1v) is 5.76. The predicted molar refractivity (Wildman–Crippen MR) is 55.3 cm³/mol. The van der Waals surface area contributed by atoms with E-state index in [1.54, 1.807) is 11.8 Å². The molecule has 14 heavy (non-hydrogen) atoms. The van der Waals surface area contributed by atoms with E-state index in [2.05, 4.69) is 5.32 Å². The van der Waals surface area contributed by atoms with Gasteiger partial charge in [-0.25, -0.2) is 4.79 Å². The van der Waals surface area contributed by atoms with Crippen LogP contribution >= 0.6 is 11.8 Å². The minimum Gasteiger partial charge on any atom is -0.480 e. The normalized spacial score (nSPS) is 18.4. The molecule has 1 atom stereocenters. The topological polar surface area (TPSA) is 66.4 Å². The van der Waals surface area contributed by atoms with Gasteiger partial charge in [-0.05, 0) is 12.8 Å². The number of amides is 1. The summed E-state index contributed by atoms with van der Waals surface area (Å²) in [4.78, 5) is 21.4. The van der Waals surface area contributed by atoms with Crippen LogP contribution in [0.15, 0.2) is 0 Å². The average molecular weight is 217 g/mol. The zero-order chi connectivity index (χ0) is 10.6. The van der Waals surface area contributed by atoms with E-state index in [0.29, 0.717) is 11.0 Å². The van der Waals surface area contributed by atoms with Crippen molar-refractivity contribution in [1.29, 1.82) is 0 Å². The van der Waals surface area contributed by atoms with Gasteiger partial charge in [-0.3, -0.25) is 4.79 Å². The number of carbonyl (C=O) groups is 2. The first kappa shape index (κ1) is 11.4. The fraction of sp³-hybridized carbons (Fsp3) is 0.778. The van der Waals surface area contributed by atoms with Gasteiger partial charge in [0.05, 0.1) is 0 Å². The molecule has 0 aromatic heterocycles. The Labute approximate surface area is 87.4 Å². The number of hydrogen-bond acceptors (Lipinski definition) is 3. The molecule has 0 aromatic carbocycles. The first-order valence-electron chi connectivity index (χ1n) is 4.71. The number of carboxylic acid groups (broad SMARTS) is 1. The highest BCUT2D eigenvalue weighted by Gasteiger charge is 2.23. The lowest BCUT2D eigenvalue weighted by molar-refractivity contribution is -0.140. The molecule has 0 spiro atoms. The highest BCUT2D eigenvalue weighted by molar-refractivity contribution is 8.00. The van der Waals surface area contributed by atoms with Crippen LogP contribution in [0, 0.1) is 0 Å². The summed E-state index contributed by atoms with van der Waals surface area (Å²) in [7, 11) is 0. The lowest BCUT2D eigenvalue weighted by atomic mass is 10.0. The van der Waals surface area contributed by atoms with E-state index in [-0.39, 0.29) is 5.91 Å². The molecule has 1 fully saturated rings. The van der Waals surface area contributed by atoms with Gasteiger partial charge in [0, 0.05) is 17.9 Å². The summed E-state index contributed by atoms with van der Waals surface area (Å²) in [6.07, 6.45) is 3.60. The Bertz CT molecular complexity index is 228. The fourth-order valence-electron chi connectivity index (χ4n) is 1.19. The molecule has 1 amide bonds. The largest absolute Gasteiger partial charge is 0.480 e. The van der Waals surface area contributed by atoms with Crippen LogP contribution in [0.3, 0.4) is 0 Å². The maximum atomic E-state index is 10.7. The van der Waals surface area contributed by atoms with Crippen molar-refractivity contribution in [3.8, 4) is 0 Å². The molecule has 5 heteroatoms. The minimum absolute atomic E-state index is 0.286. The van der Waals surface area contributed by atoms with Gasteiger partial charge in [0.15, 0.2) is 0 Å². The van der Waals surface area contributed by atoms with Crippen molar-refractivity contribution in [3.05, 3.63) is 0 Å². The summed E-state index contributed by atoms with van der Waals surface area (Å²) in [5.41, 5.74) is 0. The van der Waals surface area contributed by atoms with Crippen LogP contribution in [0.4, 0.5) is 0 Å². The molecule has 1 unspecified atom stereocenters. The van der Waals surface area contributed by atoms with E-state index < -0.39 is 12.0 Å². The quantitative estimate of drug-likeness (QED) is 0.717. The van der Waals surface area contributed by atoms with Crippen molar-refractivity contribution >= 4 is 23.6 Å². The molecule has 4 nitrogen and oxygen atoms in total. The van der Waals surface area contributed by atoms with Gasteiger partial charge in [0.25, 0.3) is 0 Å². The Hall–Kier alpha value is -0.710. The fourth-order valence-corrected chi connectivity index (χ4v) is 2.55. The van der Waals surface area contributed by atoms with E-state index in [9.17, 15) is 9.59 Å². The third kappa shape index (κ3) is 3.57. The first-order chi connectivity index (χ1) is 6.59. The van der Waals surface area contributed by atoms with E-state index in [1.807, 2.05) is 0 Å². The predicted octanol–water partition coefficient (Wildman–Crippen LogP) is 0.861. The zero-order valence-electron chi connectivity index (χ0n) is 8.16. The Kier molecular flexibility index (Phi) is 4.25. The maximum Gasteiger partial charge on any atom is 0.327 e. The summed E-state index contributed by atoms with van der Waals surface area (Å²) in [6, 6.07) is -0.738. The molecule has 0 heterocycles. The molecule has 0 radical (unpaired) electrons. The zero-order valence-corrected chi connectivity index (χ0v) is 8.97. The van der Waals surface area contributed by atoms with Gasteiger partial charge in [0.2, 0.25) is 5.91 Å². The third-order valence-corrected chi connectivity index (χ3v) is 3.69. The molecule has 1 aliphatic carbocycles. The van der Waals surface area contributed by atoms with Crippen LogP contribution in [0.25, 0.3) is 0 Å². The summed E-state index contributed by atoms with van der Waals surface area (Å²) in [5.74, 6) is -0.766. The molecular weight excluding hydrogens is 202 g/mol. The van der Waals surface area contributed by atoms with Crippen molar-refractivity contribution in [3.63, 3.8) is 0 Å². The lowest BCUT2D eigenvalue weighted by Gasteiger charge is -2.26. The van der Waals surface area contributed by atoms with Gasteiger partial charge in [-0.1, -0.05) is 6.42 Å². The van der Waals surface area contributed by atoms with Gasteiger partial charge in [-0.15, -0.1) is 0 Å². The molecule has 1 aliphatic rings. The smallest absolute Gasteiger partial charge is 0.327 e. The van der Waals surface area contributed by atoms with Crippen molar-refractivity contribution in [2.75, 3.05) is 5.75 Å². The van der Waals surface area contributed by atoms with E-state index in [1.165, 1.54) is 26.2 Å². The Morgan fingerprint density at radius 3 is 2.57 bits per heavy atom. The number of rotatable bonds is 5. The number of thioether (sulfide) groups is 1. The van der Waals surface area contributed by atoms with Gasteiger partial charge in [0.1, 0.15) is 6.04 Å². The van der Waals surface area contributed by atoms with Crippen molar-refractivity contribution < 1.29 is 14.7 Å². The molecule has 0 aromatic rings. The maximum absolute atomic E-state index is 10.7. The van der Waals surface area contributed by atoms with Crippen LogP contribution in [-0.4, -0.2) is 34.0 Å². The molecule has 80 valence electrons. The van der Waals surface area contributed by atoms with Crippen LogP contribution < -0.4 is 5.32 Å². The highest BCUT2D eigenvalue weighted by Crippen LogP contribution is 2.31. The molecule has 0 saturated heterocycles. The van der Waals surface area contributed by atoms with Crippen molar-refractivity contribution in [2.45, 2.75) is 37.5 Å². The number of carboxylic acids is 1. The summed E-state index contributed by atoms with van der Waals surface area (Å²) < 4.78 is 0. The lowest BCUT2D eigenvalue weighted by Crippen LogP contribution is -2.42. The Morgan fingerprint density at radius 2 is 2.21 bits per heavy atom. The number of hydrogen-bond donors (Lipinski definition) is 2. The number of aliphatic carboxylic acids is 1. The molecule has 1 saturated carbocycles. The molecule has 2 N–H and O–H groups in total. The second-order valence-electron chi connectivity index (χ2n) is 3.48. The van der Waals surface area contributed by atoms with Gasteiger partial charge < -0.3 is 10.4 Å². The van der Waals surface area contributed by atoms with Crippen molar-refractivity contribution in [1.82, 2.24) is 5.32 Å². The Morgan fingerprint density at radius 1 is 1.57 bits per heavy atom. The number of carbonyl (C=O) groups excluding carboxylic acids is 1. The molecule has 1 rings (SSSR count). The monoisotopic (exact) mass is 217 g/mol. The van der Waals surface area contributed by atoms with Crippen molar-refractivity contribution in [2.24, 2.45) is 0 Å². The van der Waals surface area contributed by atoms with Crippen LogP contribution in [0.2, 0.25) is 0 Å². The van der Waals surface area contributed by atoms with Gasteiger partial charge >= 0.3 is 5.97 Å². The highest BCUT2D eigenvalue weighted by atomic mass is 32.2. The van der Waals surface area contributed by atoms with E-state index in [4.69, 9.17) is 5.11 Å². The standard InChI is InChI=1S/C9H15NO3S/c1-6(11)10-8(9(12)13)5-14-7-3-2-4-7/h7-8H,2-5H2,1H3,(H,10,11)(H,12,13). The summed E-state index contributed by atoms with van der Waals surface area (Å²) in [6.45, 7) is 1.34. The molecule has 0 bridgehead atoms. The van der Waals surface area contributed by atoms with Crippen LogP contribution in [0.1, 0.15) is 26.2 Å². The summed E-state index contributed by atoms with van der Waals surface area (Å²) >= 11 is 1.65. The van der Waals surface area contributed by atoms with E-state index >= 15 is 0 Å². The second kappa shape index (κ2) is 5.24. The Balaban J connectivity index is 2.26. The SMILES string of the molecule is CC(=O)NC(CSC1CCC1)C(=O)O. The average Bonchev–Trinajstić information content (AvgIpc) is 1.98. The van der Waals surface area contributed by atoms with Crippen LogP contribution in [0.5, 0.6) is 0 Å². The molecule has 0 aliphatic heterocycles. The van der Waals surface area contributed by atoms with Gasteiger partial charge in [-0.2, -0.15) is 11.8 Å². The third-order valence-electron chi connectivity index (χ3n) is 2.23. The summed E-state index contributed by atoms with van der Waals surface area (Å²) in [5, 5.41) is 11.8. The second-order valence-corrected chi connectivity index (χ2v) is 4.81. The van der Waals surface area contributed by atoms with Crippen LogP contribution in [-0.2, 0) is 9.59 Å². The minimum atomic E-state index is -0.952. The van der Waals surface area contributed by atoms with E-state index in [0.717, 1.165) is 0 Å². The number of nitrogens with one attached hydrogen (secondary N) is 1.